The van der Waals surface area contributed by atoms with Crippen LogP contribution in [0.4, 0.5) is 11.4 Å². The molecule has 0 spiro atoms. The maximum absolute atomic E-state index is 12.8. The molecule has 1 amide bonds. The van der Waals surface area contributed by atoms with Crippen molar-refractivity contribution in [1.82, 2.24) is 14.8 Å². The number of benzene rings is 3. The number of amides is 1. The first-order valence-electron chi connectivity index (χ1n) is 11.0. The van der Waals surface area contributed by atoms with Gasteiger partial charge < -0.3 is 15.4 Å². The van der Waals surface area contributed by atoms with Crippen molar-refractivity contribution in [3.8, 4) is 11.4 Å². The van der Waals surface area contributed by atoms with E-state index in [0.717, 1.165) is 28.6 Å². The predicted octanol–water partition coefficient (Wildman–Crippen LogP) is 5.32. The van der Waals surface area contributed by atoms with Crippen LogP contribution < -0.4 is 15.4 Å². The zero-order valence-corrected chi connectivity index (χ0v) is 20.2. The third kappa shape index (κ3) is 5.77. The highest BCUT2D eigenvalue weighted by atomic mass is 32.2. The molecule has 0 aliphatic rings. The van der Waals surface area contributed by atoms with Crippen molar-refractivity contribution >= 4 is 29.0 Å². The quantitative estimate of drug-likeness (QED) is 0.321. The van der Waals surface area contributed by atoms with E-state index < -0.39 is 0 Å². The lowest BCUT2D eigenvalue weighted by Crippen LogP contribution is -2.23. The van der Waals surface area contributed by atoms with Crippen molar-refractivity contribution in [3.05, 3.63) is 90.3 Å². The summed E-state index contributed by atoms with van der Waals surface area (Å²) in [7, 11) is 1.65. The summed E-state index contributed by atoms with van der Waals surface area (Å²) in [5, 5.41) is 15.5. The number of hydrogen-bond donors (Lipinski definition) is 2. The molecule has 0 saturated heterocycles. The van der Waals surface area contributed by atoms with E-state index in [-0.39, 0.29) is 11.2 Å². The fourth-order valence-electron chi connectivity index (χ4n) is 3.31. The second-order valence-electron chi connectivity index (χ2n) is 7.77. The number of hydrogen-bond acceptors (Lipinski definition) is 6. The van der Waals surface area contributed by atoms with Crippen LogP contribution >= 0.6 is 11.8 Å². The molecule has 0 aliphatic heterocycles. The lowest BCUT2D eigenvalue weighted by atomic mass is 10.2. The number of thioether (sulfide) groups is 1. The molecular weight excluding hydrogens is 446 g/mol. The average Bonchev–Trinajstić information content (AvgIpc) is 3.26. The van der Waals surface area contributed by atoms with Crippen LogP contribution in [0.2, 0.25) is 0 Å². The molecule has 7 nitrogen and oxygen atoms in total. The molecule has 34 heavy (non-hydrogen) atoms. The second-order valence-corrected chi connectivity index (χ2v) is 9.08. The van der Waals surface area contributed by atoms with Crippen molar-refractivity contribution in [2.24, 2.45) is 0 Å². The van der Waals surface area contributed by atoms with Gasteiger partial charge in [0.1, 0.15) is 5.75 Å². The lowest BCUT2D eigenvalue weighted by molar-refractivity contribution is -0.115. The molecule has 4 rings (SSSR count). The number of carbonyl (C=O) groups excluding carboxylic acids is 1. The van der Waals surface area contributed by atoms with Crippen LogP contribution in [-0.2, 0) is 11.3 Å². The number of aromatic nitrogens is 3. The standard InChI is InChI=1S/C26H27N5O2S/c1-18-9-13-22(14-10-18)31-24(17-27-20-11-15-23(33-3)16-12-20)29-30-26(31)34-19(2)25(32)28-21-7-5-4-6-8-21/h4-16,19,27H,17H2,1-3H3,(H,28,32)/t19-/m0/s1. The third-order valence-corrected chi connectivity index (χ3v) is 6.27. The van der Waals surface area contributed by atoms with E-state index in [1.807, 2.05) is 85.1 Å². The average molecular weight is 474 g/mol. The highest BCUT2D eigenvalue weighted by Crippen LogP contribution is 2.27. The Morgan fingerprint density at radius 1 is 0.971 bits per heavy atom. The molecule has 0 fully saturated rings. The SMILES string of the molecule is COc1ccc(NCc2nnc(S[C@@H](C)C(=O)Nc3ccccc3)n2-c2ccc(C)cc2)cc1. The number of rotatable bonds is 9. The first kappa shape index (κ1) is 23.4. The zero-order valence-electron chi connectivity index (χ0n) is 19.4. The molecule has 8 heteroatoms. The van der Waals surface area contributed by atoms with Gasteiger partial charge in [-0.15, -0.1) is 10.2 Å². The van der Waals surface area contributed by atoms with Crippen LogP contribution in [0.25, 0.3) is 5.69 Å². The Labute approximate surface area is 203 Å². The highest BCUT2D eigenvalue weighted by Gasteiger charge is 2.21. The molecule has 0 aliphatic carbocycles. The van der Waals surface area contributed by atoms with Crippen molar-refractivity contribution in [3.63, 3.8) is 0 Å². The summed E-state index contributed by atoms with van der Waals surface area (Å²) < 4.78 is 7.22. The van der Waals surface area contributed by atoms with Crippen LogP contribution in [0.3, 0.4) is 0 Å². The highest BCUT2D eigenvalue weighted by molar-refractivity contribution is 8.00. The normalized spacial score (nSPS) is 11.6. The fourth-order valence-corrected chi connectivity index (χ4v) is 4.20. The fraction of sp³-hybridized carbons (Fsp3) is 0.192. The van der Waals surface area contributed by atoms with Crippen molar-refractivity contribution in [2.45, 2.75) is 30.8 Å². The van der Waals surface area contributed by atoms with Crippen molar-refractivity contribution < 1.29 is 9.53 Å². The Hall–Kier alpha value is -3.78. The van der Waals surface area contributed by atoms with Gasteiger partial charge in [-0.2, -0.15) is 0 Å². The number of ether oxygens (including phenoxy) is 1. The van der Waals surface area contributed by atoms with E-state index in [9.17, 15) is 4.79 Å². The van der Waals surface area contributed by atoms with Gasteiger partial charge in [0.15, 0.2) is 11.0 Å². The third-order valence-electron chi connectivity index (χ3n) is 5.23. The molecule has 2 N–H and O–H groups in total. The van der Waals surface area contributed by atoms with Crippen molar-refractivity contribution in [2.75, 3.05) is 17.7 Å². The minimum Gasteiger partial charge on any atom is -0.497 e. The van der Waals surface area contributed by atoms with E-state index in [2.05, 4.69) is 33.0 Å². The van der Waals surface area contributed by atoms with E-state index in [1.165, 1.54) is 17.3 Å². The largest absolute Gasteiger partial charge is 0.497 e. The Bertz CT molecular complexity index is 1220. The van der Waals surface area contributed by atoms with Crippen LogP contribution in [0, 0.1) is 6.92 Å². The smallest absolute Gasteiger partial charge is 0.237 e. The Morgan fingerprint density at radius 2 is 1.68 bits per heavy atom. The summed E-state index contributed by atoms with van der Waals surface area (Å²) >= 11 is 1.38. The maximum Gasteiger partial charge on any atom is 0.237 e. The van der Waals surface area contributed by atoms with Gasteiger partial charge in [-0.1, -0.05) is 47.7 Å². The van der Waals surface area contributed by atoms with E-state index in [4.69, 9.17) is 4.74 Å². The minimum absolute atomic E-state index is 0.0902. The summed E-state index contributed by atoms with van der Waals surface area (Å²) in [6.45, 7) is 4.39. The predicted molar refractivity (Wildman–Crippen MR) is 137 cm³/mol. The molecule has 174 valence electrons. The van der Waals surface area contributed by atoms with Crippen molar-refractivity contribution in [1.29, 1.82) is 0 Å². The van der Waals surface area contributed by atoms with Crippen LogP contribution in [0.15, 0.2) is 84.0 Å². The number of methoxy groups -OCH3 is 1. The molecular formula is C26H27N5O2S. The molecule has 4 aromatic rings. The number of carbonyl (C=O) groups is 1. The first-order valence-corrected chi connectivity index (χ1v) is 11.8. The second kappa shape index (κ2) is 10.9. The number of nitrogens with one attached hydrogen (secondary N) is 2. The van der Waals surface area contributed by atoms with Crippen LogP contribution in [0.5, 0.6) is 5.75 Å². The maximum atomic E-state index is 12.8. The number of anilines is 2. The minimum atomic E-state index is -0.365. The Morgan fingerprint density at radius 3 is 2.35 bits per heavy atom. The van der Waals surface area contributed by atoms with Gasteiger partial charge in [0.05, 0.1) is 18.9 Å². The van der Waals surface area contributed by atoms with Gasteiger partial charge in [0, 0.05) is 17.1 Å². The summed E-state index contributed by atoms with van der Waals surface area (Å²) in [6, 6.07) is 25.3. The Balaban J connectivity index is 1.54. The molecule has 0 saturated carbocycles. The summed E-state index contributed by atoms with van der Waals surface area (Å²) in [5.41, 5.74) is 3.83. The lowest BCUT2D eigenvalue weighted by Gasteiger charge is -2.15. The number of para-hydroxylation sites is 1. The molecule has 3 aromatic carbocycles. The summed E-state index contributed by atoms with van der Waals surface area (Å²) in [4.78, 5) is 12.8. The number of nitrogens with zero attached hydrogens (tertiary/aromatic N) is 3. The van der Waals surface area contributed by atoms with Gasteiger partial charge >= 0.3 is 0 Å². The zero-order chi connectivity index (χ0) is 23.9. The first-order chi connectivity index (χ1) is 16.5. The van der Waals surface area contributed by atoms with E-state index in [0.29, 0.717) is 11.7 Å². The van der Waals surface area contributed by atoms with Crippen LogP contribution in [0.1, 0.15) is 18.3 Å². The molecule has 0 unspecified atom stereocenters. The van der Waals surface area contributed by atoms with Gasteiger partial charge in [0.25, 0.3) is 0 Å². The summed E-state index contributed by atoms with van der Waals surface area (Å²) in [6.07, 6.45) is 0. The monoisotopic (exact) mass is 473 g/mol. The van der Waals surface area contributed by atoms with E-state index in [1.54, 1.807) is 7.11 Å². The van der Waals surface area contributed by atoms with E-state index >= 15 is 0 Å². The number of aryl methyl sites for hydroxylation is 1. The van der Waals surface area contributed by atoms with Gasteiger partial charge in [0.2, 0.25) is 5.91 Å². The molecule has 0 bridgehead atoms. The molecule has 1 heterocycles. The molecule has 1 aromatic heterocycles. The summed E-state index contributed by atoms with van der Waals surface area (Å²) in [5.74, 6) is 1.46. The van der Waals surface area contributed by atoms with Gasteiger partial charge in [-0.25, -0.2) is 0 Å². The molecule has 0 radical (unpaired) electrons. The topological polar surface area (TPSA) is 81.1 Å². The van der Waals surface area contributed by atoms with Gasteiger partial charge in [-0.05, 0) is 62.4 Å². The molecule has 1 atom stereocenters. The van der Waals surface area contributed by atoms with Gasteiger partial charge in [-0.3, -0.25) is 9.36 Å². The van der Waals surface area contributed by atoms with Crippen LogP contribution in [-0.4, -0.2) is 33.0 Å². The Kier molecular flexibility index (Phi) is 7.49.